The van der Waals surface area contributed by atoms with Gasteiger partial charge in [-0.25, -0.2) is 0 Å². The van der Waals surface area contributed by atoms with Gasteiger partial charge in [-0.05, 0) is 70.6 Å². The van der Waals surface area contributed by atoms with Gasteiger partial charge in [0, 0.05) is 19.3 Å². The van der Waals surface area contributed by atoms with E-state index in [0.29, 0.717) is 19.3 Å². The molecule has 0 heterocycles. The fraction of sp³-hybridized carbons (Fsp3) is 0.792. The van der Waals surface area contributed by atoms with E-state index in [1.165, 1.54) is 212 Å². The van der Waals surface area contributed by atoms with Crippen LogP contribution in [-0.2, 0) is 28.6 Å². The van der Waals surface area contributed by atoms with Crippen LogP contribution in [-0.4, -0.2) is 37.2 Å². The van der Waals surface area contributed by atoms with E-state index >= 15 is 0 Å². The summed E-state index contributed by atoms with van der Waals surface area (Å²) in [4.78, 5) is 38.2. The third-order valence-electron chi connectivity index (χ3n) is 15.0. The Morgan fingerprint density at radius 2 is 0.500 bits per heavy atom. The fourth-order valence-corrected chi connectivity index (χ4v) is 9.92. The summed E-state index contributed by atoms with van der Waals surface area (Å²) >= 11 is 0. The van der Waals surface area contributed by atoms with Crippen molar-refractivity contribution in [3.63, 3.8) is 0 Å². The normalized spacial score (nSPS) is 12.5. The molecule has 0 N–H and O–H groups in total. The summed E-state index contributed by atoms with van der Waals surface area (Å²) in [6, 6.07) is 0. The van der Waals surface area contributed by atoms with Gasteiger partial charge in [-0.3, -0.25) is 14.4 Å². The zero-order valence-corrected chi connectivity index (χ0v) is 51.9. The molecule has 0 aromatic heterocycles. The van der Waals surface area contributed by atoms with Crippen molar-refractivity contribution in [2.45, 2.75) is 354 Å². The second kappa shape index (κ2) is 66.4. The molecule has 0 fully saturated rings. The standard InChI is InChI=1S/C72H128O6/c1-4-7-10-13-16-19-21-23-25-27-29-30-31-32-33-34-35-36-37-38-39-40-41-42-43-45-46-48-50-53-56-59-62-65-71(74)77-68-69(67-76-70(73)64-61-58-55-52-18-15-12-9-6-3)78-72(75)66-63-60-57-54-51-49-47-44-28-26-24-22-20-17-14-11-8-5-2/h7,10,16,19,23,25,29-30,32-33,35-36,69H,4-6,8-9,11-15,17-18,20-22,24,26-28,31,34,37-68H2,1-3H3/b10-7-,19-16-,25-23-,30-29-,33-32-,36-35-. The molecule has 0 bridgehead atoms. The Morgan fingerprint density at radius 1 is 0.269 bits per heavy atom. The van der Waals surface area contributed by atoms with Crippen molar-refractivity contribution >= 4 is 17.9 Å². The first-order valence-electron chi connectivity index (χ1n) is 33.9. The smallest absolute Gasteiger partial charge is 0.306 e. The average molecular weight is 1090 g/mol. The summed E-state index contributed by atoms with van der Waals surface area (Å²) in [5.41, 5.74) is 0. The SMILES string of the molecule is CC/C=C\C/C=C\C/C=C\C/C=C\C/C=C\C/C=C\CCCCCCCCCCCCCCCCC(=O)OCC(COC(=O)CCCCCCCCCCC)OC(=O)CCCCCCCCCCCCCCCCCCCC. The predicted molar refractivity (Wildman–Crippen MR) is 339 cm³/mol. The molecule has 0 aliphatic rings. The van der Waals surface area contributed by atoms with Crippen LogP contribution in [0.4, 0.5) is 0 Å². The lowest BCUT2D eigenvalue weighted by Gasteiger charge is -2.18. The number of ether oxygens (including phenoxy) is 3. The van der Waals surface area contributed by atoms with Crippen LogP contribution in [0.1, 0.15) is 348 Å². The van der Waals surface area contributed by atoms with Crippen LogP contribution in [0.3, 0.4) is 0 Å². The number of esters is 3. The molecule has 6 heteroatoms. The monoisotopic (exact) mass is 1090 g/mol. The predicted octanol–water partition coefficient (Wildman–Crippen LogP) is 23.3. The van der Waals surface area contributed by atoms with Crippen molar-refractivity contribution in [3.05, 3.63) is 72.9 Å². The van der Waals surface area contributed by atoms with Crippen LogP contribution in [0, 0.1) is 0 Å². The first-order chi connectivity index (χ1) is 38.5. The molecule has 0 aliphatic heterocycles. The molecule has 1 unspecified atom stereocenters. The Labute approximate surface area is 484 Å². The van der Waals surface area contributed by atoms with E-state index in [2.05, 4.69) is 93.7 Å². The van der Waals surface area contributed by atoms with Gasteiger partial charge in [0.05, 0.1) is 0 Å². The molecule has 0 aromatic carbocycles. The zero-order valence-electron chi connectivity index (χ0n) is 51.9. The van der Waals surface area contributed by atoms with E-state index in [4.69, 9.17) is 14.2 Å². The van der Waals surface area contributed by atoms with Crippen LogP contribution in [0.15, 0.2) is 72.9 Å². The first kappa shape index (κ1) is 74.8. The van der Waals surface area contributed by atoms with Crippen LogP contribution in [0.5, 0.6) is 0 Å². The van der Waals surface area contributed by atoms with Crippen molar-refractivity contribution in [2.24, 2.45) is 0 Å². The summed E-state index contributed by atoms with van der Waals surface area (Å²) < 4.78 is 16.9. The highest BCUT2D eigenvalue weighted by atomic mass is 16.6. The largest absolute Gasteiger partial charge is 0.462 e. The molecule has 0 aliphatic carbocycles. The molecule has 6 nitrogen and oxygen atoms in total. The van der Waals surface area contributed by atoms with Gasteiger partial charge in [-0.15, -0.1) is 0 Å². The maximum absolute atomic E-state index is 12.9. The summed E-state index contributed by atoms with van der Waals surface area (Å²) in [5, 5.41) is 0. The minimum absolute atomic E-state index is 0.0687. The number of hydrogen-bond donors (Lipinski definition) is 0. The number of rotatable bonds is 62. The number of carbonyl (C=O) groups is 3. The van der Waals surface area contributed by atoms with E-state index in [0.717, 1.165) is 96.3 Å². The minimum atomic E-state index is -0.770. The molecule has 0 amide bonds. The summed E-state index contributed by atoms with van der Waals surface area (Å²) in [6.07, 6.45) is 86.5. The van der Waals surface area contributed by atoms with Gasteiger partial charge >= 0.3 is 17.9 Å². The Morgan fingerprint density at radius 3 is 0.782 bits per heavy atom. The summed E-state index contributed by atoms with van der Waals surface area (Å²) in [7, 11) is 0. The lowest BCUT2D eigenvalue weighted by molar-refractivity contribution is -0.167. The Balaban J connectivity index is 4.09. The molecule has 78 heavy (non-hydrogen) atoms. The van der Waals surface area contributed by atoms with E-state index < -0.39 is 6.10 Å². The molecule has 0 spiro atoms. The van der Waals surface area contributed by atoms with Crippen LogP contribution in [0.25, 0.3) is 0 Å². The lowest BCUT2D eigenvalue weighted by atomic mass is 10.0. The van der Waals surface area contributed by atoms with Crippen LogP contribution < -0.4 is 0 Å². The van der Waals surface area contributed by atoms with E-state index in [9.17, 15) is 14.4 Å². The Hall–Kier alpha value is -3.15. The number of hydrogen-bond acceptors (Lipinski definition) is 6. The molecule has 1 atom stereocenters. The molecule has 452 valence electrons. The van der Waals surface area contributed by atoms with E-state index in [1.54, 1.807) is 0 Å². The van der Waals surface area contributed by atoms with Gasteiger partial charge in [0.15, 0.2) is 6.10 Å². The number of carbonyl (C=O) groups excluding carboxylic acids is 3. The molecule has 0 saturated carbocycles. The Kier molecular flexibility index (Phi) is 63.7. The minimum Gasteiger partial charge on any atom is -0.462 e. The van der Waals surface area contributed by atoms with Gasteiger partial charge in [-0.2, -0.15) is 0 Å². The zero-order chi connectivity index (χ0) is 56.4. The molecule has 0 saturated heterocycles. The third kappa shape index (κ3) is 63.7. The average Bonchev–Trinajstić information content (AvgIpc) is 3.44. The van der Waals surface area contributed by atoms with Crippen LogP contribution in [0.2, 0.25) is 0 Å². The van der Waals surface area contributed by atoms with Gasteiger partial charge in [0.2, 0.25) is 0 Å². The van der Waals surface area contributed by atoms with E-state index in [1.807, 2.05) is 0 Å². The molecular formula is C72H128O6. The highest BCUT2D eigenvalue weighted by Gasteiger charge is 2.19. The maximum Gasteiger partial charge on any atom is 0.306 e. The second-order valence-corrected chi connectivity index (χ2v) is 22.7. The van der Waals surface area contributed by atoms with Crippen molar-refractivity contribution in [1.82, 2.24) is 0 Å². The van der Waals surface area contributed by atoms with Crippen molar-refractivity contribution < 1.29 is 28.6 Å². The van der Waals surface area contributed by atoms with Crippen molar-refractivity contribution in [2.75, 3.05) is 13.2 Å². The summed E-state index contributed by atoms with van der Waals surface area (Å²) in [5.74, 6) is -0.851. The molecule has 0 rings (SSSR count). The van der Waals surface area contributed by atoms with Gasteiger partial charge in [0.1, 0.15) is 13.2 Å². The van der Waals surface area contributed by atoms with Gasteiger partial charge in [-0.1, -0.05) is 331 Å². The molecule has 0 radical (unpaired) electrons. The quantitative estimate of drug-likeness (QED) is 0.0261. The topological polar surface area (TPSA) is 78.9 Å². The number of unbranched alkanes of at least 4 members (excludes halogenated alkanes) is 39. The highest BCUT2D eigenvalue weighted by molar-refractivity contribution is 5.71. The van der Waals surface area contributed by atoms with E-state index in [-0.39, 0.29) is 31.1 Å². The highest BCUT2D eigenvalue weighted by Crippen LogP contribution is 2.18. The third-order valence-corrected chi connectivity index (χ3v) is 15.0. The lowest BCUT2D eigenvalue weighted by Crippen LogP contribution is -2.30. The second-order valence-electron chi connectivity index (χ2n) is 22.7. The maximum atomic E-state index is 12.9. The first-order valence-corrected chi connectivity index (χ1v) is 33.9. The molecular weight excluding hydrogens is 961 g/mol. The molecule has 0 aromatic rings. The fourth-order valence-electron chi connectivity index (χ4n) is 9.92. The van der Waals surface area contributed by atoms with Crippen LogP contribution >= 0.6 is 0 Å². The number of allylic oxidation sites excluding steroid dienone is 12. The van der Waals surface area contributed by atoms with Crippen molar-refractivity contribution in [3.8, 4) is 0 Å². The Bertz CT molecular complexity index is 1440. The van der Waals surface area contributed by atoms with Gasteiger partial charge in [0.25, 0.3) is 0 Å². The summed E-state index contributed by atoms with van der Waals surface area (Å²) in [6.45, 7) is 6.56. The van der Waals surface area contributed by atoms with Gasteiger partial charge < -0.3 is 14.2 Å². The van der Waals surface area contributed by atoms with Crippen molar-refractivity contribution in [1.29, 1.82) is 0 Å².